The fraction of sp³-hybridized carbons (Fsp3) is 0.375. The molecule has 0 spiro atoms. The Labute approximate surface area is 191 Å². The Morgan fingerprint density at radius 2 is 1.88 bits per heavy atom. The van der Waals surface area contributed by atoms with Crippen LogP contribution in [0.4, 0.5) is 17.1 Å². The SMILES string of the molecule is CN(C)C(=O)c1ccc2c(c1)N(CC(=O)Nc1ccc3c(c1)OCO3)C(=O)C1CCCCN21. The number of piperidine rings is 1. The zero-order chi connectivity index (χ0) is 23.1. The predicted molar refractivity (Wildman–Crippen MR) is 123 cm³/mol. The predicted octanol–water partition coefficient (Wildman–Crippen LogP) is 2.46. The van der Waals surface area contributed by atoms with Gasteiger partial charge < -0.3 is 24.6 Å². The minimum absolute atomic E-state index is 0.113. The Balaban J connectivity index is 1.44. The van der Waals surface area contributed by atoms with Crippen LogP contribution in [0.2, 0.25) is 0 Å². The van der Waals surface area contributed by atoms with E-state index in [0.717, 1.165) is 31.5 Å². The summed E-state index contributed by atoms with van der Waals surface area (Å²) in [4.78, 5) is 44.1. The summed E-state index contributed by atoms with van der Waals surface area (Å²) in [5, 5.41) is 2.84. The molecule has 3 amide bonds. The van der Waals surface area contributed by atoms with E-state index >= 15 is 0 Å². The number of fused-ring (bicyclic) bond motifs is 4. The molecule has 9 nitrogen and oxygen atoms in total. The van der Waals surface area contributed by atoms with Crippen LogP contribution in [0.1, 0.15) is 29.6 Å². The van der Waals surface area contributed by atoms with E-state index in [2.05, 4.69) is 10.2 Å². The Morgan fingerprint density at radius 1 is 1.06 bits per heavy atom. The van der Waals surface area contributed by atoms with E-state index in [1.54, 1.807) is 44.4 Å². The first-order chi connectivity index (χ1) is 15.9. The topological polar surface area (TPSA) is 91.4 Å². The molecule has 0 bridgehead atoms. The van der Waals surface area contributed by atoms with Gasteiger partial charge in [0.25, 0.3) is 5.91 Å². The van der Waals surface area contributed by atoms with Crippen molar-refractivity contribution < 1.29 is 23.9 Å². The summed E-state index contributed by atoms with van der Waals surface area (Å²) in [7, 11) is 3.37. The van der Waals surface area contributed by atoms with Crippen LogP contribution in [0.3, 0.4) is 0 Å². The number of hydrogen-bond donors (Lipinski definition) is 1. The summed E-state index contributed by atoms with van der Waals surface area (Å²) in [5.41, 5.74) is 2.50. The molecule has 3 aliphatic heterocycles. The molecule has 33 heavy (non-hydrogen) atoms. The summed E-state index contributed by atoms with van der Waals surface area (Å²) in [6.07, 6.45) is 2.72. The Kier molecular flexibility index (Phi) is 5.32. The zero-order valence-electron chi connectivity index (χ0n) is 18.7. The molecule has 2 aromatic carbocycles. The van der Waals surface area contributed by atoms with Crippen LogP contribution in [-0.4, -0.2) is 62.6 Å². The fourth-order valence-electron chi connectivity index (χ4n) is 4.63. The van der Waals surface area contributed by atoms with Gasteiger partial charge in [0, 0.05) is 38.0 Å². The van der Waals surface area contributed by atoms with Crippen molar-refractivity contribution in [2.24, 2.45) is 0 Å². The first-order valence-electron chi connectivity index (χ1n) is 11.1. The van der Waals surface area contributed by atoms with Crippen molar-refractivity contribution >= 4 is 34.8 Å². The first-order valence-corrected chi connectivity index (χ1v) is 11.1. The second-order valence-corrected chi connectivity index (χ2v) is 8.65. The molecule has 9 heteroatoms. The number of carbonyl (C=O) groups excluding carboxylic acids is 3. The van der Waals surface area contributed by atoms with Gasteiger partial charge in [-0.25, -0.2) is 0 Å². The van der Waals surface area contributed by atoms with Crippen molar-refractivity contribution in [3.63, 3.8) is 0 Å². The molecule has 3 heterocycles. The van der Waals surface area contributed by atoms with Crippen LogP contribution < -0.4 is 24.6 Å². The number of hydrogen-bond acceptors (Lipinski definition) is 6. The smallest absolute Gasteiger partial charge is 0.253 e. The molecule has 1 fully saturated rings. The molecule has 5 rings (SSSR count). The maximum atomic E-state index is 13.5. The summed E-state index contributed by atoms with van der Waals surface area (Å²) in [5.74, 6) is 0.593. The third kappa shape index (κ3) is 3.83. The highest BCUT2D eigenvalue weighted by atomic mass is 16.7. The third-order valence-electron chi connectivity index (χ3n) is 6.24. The molecule has 1 unspecified atom stereocenters. The molecular weight excluding hydrogens is 424 g/mol. The van der Waals surface area contributed by atoms with Gasteiger partial charge in [0.05, 0.1) is 11.4 Å². The molecule has 3 aliphatic rings. The lowest BCUT2D eigenvalue weighted by atomic mass is 9.95. The lowest BCUT2D eigenvalue weighted by Gasteiger charge is -2.45. The summed E-state index contributed by atoms with van der Waals surface area (Å²) in [6.45, 7) is 0.781. The van der Waals surface area contributed by atoms with Crippen molar-refractivity contribution in [3.8, 4) is 11.5 Å². The molecular formula is C24H26N4O5. The van der Waals surface area contributed by atoms with Crippen molar-refractivity contribution in [2.75, 3.05) is 49.1 Å². The maximum Gasteiger partial charge on any atom is 0.253 e. The number of rotatable bonds is 4. The number of nitrogens with one attached hydrogen (secondary N) is 1. The molecule has 172 valence electrons. The highest BCUT2D eigenvalue weighted by Crippen LogP contribution is 2.40. The van der Waals surface area contributed by atoms with Crippen molar-refractivity contribution in [3.05, 3.63) is 42.0 Å². The van der Waals surface area contributed by atoms with E-state index in [1.807, 2.05) is 6.07 Å². The molecule has 0 aromatic heterocycles. The highest BCUT2D eigenvalue weighted by molar-refractivity contribution is 6.11. The molecule has 1 atom stereocenters. The summed E-state index contributed by atoms with van der Waals surface area (Å²) in [6, 6.07) is 10.3. The van der Waals surface area contributed by atoms with Crippen molar-refractivity contribution in [1.82, 2.24) is 4.90 Å². The number of anilines is 3. The molecule has 0 saturated carbocycles. The normalized spacial score (nSPS) is 18.5. The maximum absolute atomic E-state index is 13.5. The number of carbonyl (C=O) groups is 3. The van der Waals surface area contributed by atoms with E-state index in [0.29, 0.717) is 28.4 Å². The van der Waals surface area contributed by atoms with E-state index in [1.165, 1.54) is 9.80 Å². The van der Waals surface area contributed by atoms with Crippen LogP contribution >= 0.6 is 0 Å². The highest BCUT2D eigenvalue weighted by Gasteiger charge is 2.40. The van der Waals surface area contributed by atoms with Crippen LogP contribution in [-0.2, 0) is 9.59 Å². The molecule has 0 aliphatic carbocycles. The van der Waals surface area contributed by atoms with Crippen LogP contribution in [0.15, 0.2) is 36.4 Å². The quantitative estimate of drug-likeness (QED) is 0.770. The lowest BCUT2D eigenvalue weighted by Crippen LogP contribution is -2.56. The minimum Gasteiger partial charge on any atom is -0.454 e. The molecule has 1 saturated heterocycles. The van der Waals surface area contributed by atoms with Gasteiger partial charge in [-0.2, -0.15) is 0 Å². The second kappa shape index (κ2) is 8.31. The van der Waals surface area contributed by atoms with Gasteiger partial charge in [-0.3, -0.25) is 19.3 Å². The van der Waals surface area contributed by atoms with Gasteiger partial charge in [0.1, 0.15) is 12.6 Å². The third-order valence-corrected chi connectivity index (χ3v) is 6.24. The monoisotopic (exact) mass is 450 g/mol. The number of nitrogens with zero attached hydrogens (tertiary/aromatic N) is 3. The first kappa shape index (κ1) is 21.1. The van der Waals surface area contributed by atoms with Crippen molar-refractivity contribution in [2.45, 2.75) is 25.3 Å². The van der Waals surface area contributed by atoms with Crippen LogP contribution in [0, 0.1) is 0 Å². The zero-order valence-corrected chi connectivity index (χ0v) is 18.7. The van der Waals surface area contributed by atoms with Gasteiger partial charge in [0.2, 0.25) is 18.6 Å². The lowest BCUT2D eigenvalue weighted by molar-refractivity contribution is -0.123. The standard InChI is InChI=1S/C24H26N4O5/c1-26(2)23(30)15-6-8-17-19(11-15)28(24(31)18-5-3-4-10-27(17)18)13-22(29)25-16-7-9-20-21(12-16)33-14-32-20/h6-9,11-12,18H,3-5,10,13-14H2,1-2H3,(H,25,29). The van der Waals surface area contributed by atoms with Gasteiger partial charge in [-0.15, -0.1) is 0 Å². The summed E-state index contributed by atoms with van der Waals surface area (Å²) >= 11 is 0. The van der Waals surface area contributed by atoms with Gasteiger partial charge >= 0.3 is 0 Å². The van der Waals surface area contributed by atoms with Gasteiger partial charge in [-0.05, 0) is 49.6 Å². The Morgan fingerprint density at radius 3 is 2.70 bits per heavy atom. The van der Waals surface area contributed by atoms with Crippen molar-refractivity contribution in [1.29, 1.82) is 0 Å². The van der Waals surface area contributed by atoms with E-state index in [-0.39, 0.29) is 37.1 Å². The van der Waals surface area contributed by atoms with Crippen LogP contribution in [0.25, 0.3) is 0 Å². The van der Waals surface area contributed by atoms with Gasteiger partial charge in [0.15, 0.2) is 11.5 Å². The van der Waals surface area contributed by atoms with E-state index in [4.69, 9.17) is 9.47 Å². The average Bonchev–Trinajstić information content (AvgIpc) is 3.29. The second-order valence-electron chi connectivity index (χ2n) is 8.65. The molecule has 2 aromatic rings. The Hall–Kier alpha value is -3.75. The number of benzene rings is 2. The number of amides is 3. The fourth-order valence-corrected chi connectivity index (χ4v) is 4.63. The number of ether oxygens (including phenoxy) is 2. The van der Waals surface area contributed by atoms with E-state index < -0.39 is 0 Å². The molecule has 0 radical (unpaired) electrons. The van der Waals surface area contributed by atoms with Crippen LogP contribution in [0.5, 0.6) is 11.5 Å². The average molecular weight is 450 g/mol. The molecule has 1 N–H and O–H groups in total. The van der Waals surface area contributed by atoms with E-state index in [9.17, 15) is 14.4 Å². The Bertz CT molecular complexity index is 1130. The van der Waals surface area contributed by atoms with Gasteiger partial charge in [-0.1, -0.05) is 0 Å². The minimum atomic E-state index is -0.332. The summed E-state index contributed by atoms with van der Waals surface area (Å²) < 4.78 is 10.7. The largest absolute Gasteiger partial charge is 0.454 e.